The maximum absolute atomic E-state index is 12.3. The first-order valence-electron chi connectivity index (χ1n) is 8.15. The van der Waals surface area contributed by atoms with Crippen LogP contribution in [0.3, 0.4) is 0 Å². The fourth-order valence-electron chi connectivity index (χ4n) is 2.68. The number of nitrogens with zero attached hydrogens (tertiary/aromatic N) is 2. The molecule has 0 radical (unpaired) electrons. The third-order valence-corrected chi connectivity index (χ3v) is 4.43. The van der Waals surface area contributed by atoms with Crippen molar-refractivity contribution in [1.29, 1.82) is 0 Å². The predicted molar refractivity (Wildman–Crippen MR) is 94.1 cm³/mol. The number of ether oxygens (including phenoxy) is 1. The molecule has 0 bridgehead atoms. The minimum Gasteiger partial charge on any atom is -0.489 e. The third kappa shape index (κ3) is 4.74. The minimum absolute atomic E-state index is 0.0387. The van der Waals surface area contributed by atoms with Crippen molar-refractivity contribution >= 4 is 23.4 Å². The van der Waals surface area contributed by atoms with Gasteiger partial charge in [-0.2, -0.15) is 0 Å². The van der Waals surface area contributed by atoms with E-state index >= 15 is 0 Å². The number of halogens is 1. The zero-order valence-corrected chi connectivity index (χ0v) is 14.7. The van der Waals surface area contributed by atoms with Gasteiger partial charge in [-0.1, -0.05) is 30.3 Å². The first kappa shape index (κ1) is 18.3. The van der Waals surface area contributed by atoms with Gasteiger partial charge in [0.25, 0.3) is 0 Å². The number of carbonyl (C=O) groups is 2. The molecule has 1 aliphatic rings. The van der Waals surface area contributed by atoms with E-state index in [9.17, 15) is 9.59 Å². The molecule has 0 saturated carbocycles. The Labute approximate surface area is 147 Å². The zero-order chi connectivity index (χ0) is 17.5. The van der Waals surface area contributed by atoms with Crippen LogP contribution in [0.15, 0.2) is 36.9 Å². The highest BCUT2D eigenvalue weighted by molar-refractivity contribution is 6.32. The summed E-state index contributed by atoms with van der Waals surface area (Å²) >= 11 is 6.10. The Morgan fingerprint density at radius 2 is 2.04 bits per heavy atom. The second-order valence-corrected chi connectivity index (χ2v) is 6.09. The molecule has 1 heterocycles. The molecule has 130 valence electrons. The van der Waals surface area contributed by atoms with E-state index in [0.29, 0.717) is 30.4 Å². The van der Waals surface area contributed by atoms with E-state index in [-0.39, 0.29) is 24.5 Å². The number of hydrogen-bond acceptors (Lipinski definition) is 3. The Bertz CT molecular complexity index is 598. The van der Waals surface area contributed by atoms with Gasteiger partial charge in [-0.15, -0.1) is 0 Å². The van der Waals surface area contributed by atoms with Gasteiger partial charge in [0.15, 0.2) is 0 Å². The maximum atomic E-state index is 12.3. The molecule has 0 atom stereocenters. The van der Waals surface area contributed by atoms with Crippen molar-refractivity contribution in [2.75, 3.05) is 26.2 Å². The Morgan fingerprint density at radius 1 is 1.38 bits per heavy atom. The number of carbonyl (C=O) groups excluding carboxylic acids is 2. The molecule has 0 N–H and O–H groups in total. The van der Waals surface area contributed by atoms with Crippen LogP contribution >= 0.6 is 11.6 Å². The van der Waals surface area contributed by atoms with Crippen LogP contribution in [0.25, 0.3) is 0 Å². The molecule has 2 rings (SSSR count). The third-order valence-electron chi connectivity index (χ3n) is 4.12. The maximum Gasteiger partial charge on any atom is 0.246 e. The average Bonchev–Trinajstić information content (AvgIpc) is 2.61. The van der Waals surface area contributed by atoms with Gasteiger partial charge in [0.1, 0.15) is 11.9 Å². The Balaban J connectivity index is 1.83. The Morgan fingerprint density at radius 3 is 2.62 bits per heavy atom. The van der Waals surface area contributed by atoms with Crippen LogP contribution in [0.2, 0.25) is 5.02 Å². The van der Waals surface area contributed by atoms with Gasteiger partial charge in [-0.25, -0.2) is 0 Å². The van der Waals surface area contributed by atoms with E-state index in [0.717, 1.165) is 12.8 Å². The molecular weight excluding hydrogens is 328 g/mol. The predicted octanol–water partition coefficient (Wildman–Crippen LogP) is 2.74. The number of benzene rings is 1. The molecule has 1 saturated heterocycles. The summed E-state index contributed by atoms with van der Waals surface area (Å²) in [5.41, 5.74) is 0. The molecule has 1 aromatic carbocycles. The molecule has 6 heteroatoms. The first-order valence-corrected chi connectivity index (χ1v) is 8.53. The molecular formula is C18H23ClN2O3. The number of amides is 2. The van der Waals surface area contributed by atoms with Gasteiger partial charge < -0.3 is 14.5 Å². The van der Waals surface area contributed by atoms with Crippen LogP contribution in [0.4, 0.5) is 0 Å². The number of para-hydroxylation sites is 1. The van der Waals surface area contributed by atoms with Gasteiger partial charge in [-0.05, 0) is 25.1 Å². The normalized spacial score (nSPS) is 15.0. The highest BCUT2D eigenvalue weighted by atomic mass is 35.5. The number of hydrogen-bond donors (Lipinski definition) is 0. The summed E-state index contributed by atoms with van der Waals surface area (Å²) in [5, 5.41) is 0.595. The van der Waals surface area contributed by atoms with Gasteiger partial charge in [0.2, 0.25) is 11.8 Å². The van der Waals surface area contributed by atoms with E-state index < -0.39 is 0 Å². The lowest BCUT2D eigenvalue weighted by atomic mass is 10.1. The first-order chi connectivity index (χ1) is 11.5. The molecule has 1 fully saturated rings. The lowest BCUT2D eigenvalue weighted by molar-refractivity contribution is -0.139. The molecule has 2 amide bonds. The Hall–Kier alpha value is -2.01. The van der Waals surface area contributed by atoms with Crippen LogP contribution < -0.4 is 4.74 Å². The second-order valence-electron chi connectivity index (χ2n) is 5.68. The average molecular weight is 351 g/mol. The molecule has 0 aromatic heterocycles. The van der Waals surface area contributed by atoms with Crippen molar-refractivity contribution in [3.05, 3.63) is 41.9 Å². The summed E-state index contributed by atoms with van der Waals surface area (Å²) in [7, 11) is 0. The van der Waals surface area contributed by atoms with Crippen LogP contribution in [-0.4, -0.2) is 53.9 Å². The van der Waals surface area contributed by atoms with Crippen molar-refractivity contribution in [2.45, 2.75) is 25.9 Å². The minimum atomic E-state index is -0.220. The number of rotatable bonds is 6. The lowest BCUT2D eigenvalue weighted by Crippen LogP contribution is -2.47. The van der Waals surface area contributed by atoms with Crippen molar-refractivity contribution in [3.63, 3.8) is 0 Å². The standard InChI is InChI=1S/C18H23ClN2O3/c1-3-17(22)20(4-2)13-18(23)21-11-9-14(10-12-21)24-16-8-6-5-7-15(16)19/h3,5-8,14H,1,4,9-13H2,2H3. The quantitative estimate of drug-likeness (QED) is 0.741. The largest absolute Gasteiger partial charge is 0.489 e. The van der Waals surface area contributed by atoms with E-state index in [1.165, 1.54) is 11.0 Å². The van der Waals surface area contributed by atoms with Crippen LogP contribution in [0, 0.1) is 0 Å². The SMILES string of the molecule is C=CC(=O)N(CC)CC(=O)N1CCC(Oc2ccccc2Cl)CC1. The van der Waals surface area contributed by atoms with Gasteiger partial charge in [0, 0.05) is 32.5 Å². The molecule has 5 nitrogen and oxygen atoms in total. The fraction of sp³-hybridized carbons (Fsp3) is 0.444. The molecule has 0 spiro atoms. The van der Waals surface area contributed by atoms with Crippen LogP contribution in [0.1, 0.15) is 19.8 Å². The van der Waals surface area contributed by atoms with Crippen molar-refractivity contribution in [2.24, 2.45) is 0 Å². The molecule has 24 heavy (non-hydrogen) atoms. The highest BCUT2D eigenvalue weighted by Crippen LogP contribution is 2.26. The van der Waals surface area contributed by atoms with Crippen molar-refractivity contribution < 1.29 is 14.3 Å². The van der Waals surface area contributed by atoms with E-state index in [1.807, 2.05) is 25.1 Å². The second kappa shape index (κ2) is 8.73. The summed E-state index contributed by atoms with van der Waals surface area (Å²) in [6.45, 7) is 7.13. The summed E-state index contributed by atoms with van der Waals surface area (Å²) < 4.78 is 5.92. The Kier molecular flexibility index (Phi) is 6.67. The van der Waals surface area contributed by atoms with E-state index in [4.69, 9.17) is 16.3 Å². The summed E-state index contributed by atoms with van der Waals surface area (Å²) in [5.74, 6) is 0.420. The van der Waals surface area contributed by atoms with Crippen molar-refractivity contribution in [3.8, 4) is 5.75 Å². The molecule has 1 aromatic rings. The van der Waals surface area contributed by atoms with Crippen LogP contribution in [0.5, 0.6) is 5.75 Å². The summed E-state index contributed by atoms with van der Waals surface area (Å²) in [4.78, 5) is 27.3. The molecule has 1 aliphatic heterocycles. The number of likely N-dealkylation sites (tertiary alicyclic amines) is 1. The number of likely N-dealkylation sites (N-methyl/N-ethyl adjacent to an activating group) is 1. The van der Waals surface area contributed by atoms with E-state index in [2.05, 4.69) is 6.58 Å². The monoisotopic (exact) mass is 350 g/mol. The lowest BCUT2D eigenvalue weighted by Gasteiger charge is -2.33. The van der Waals surface area contributed by atoms with Crippen molar-refractivity contribution in [1.82, 2.24) is 9.80 Å². The van der Waals surface area contributed by atoms with Gasteiger partial charge in [-0.3, -0.25) is 9.59 Å². The summed E-state index contributed by atoms with van der Waals surface area (Å²) in [6, 6.07) is 7.39. The van der Waals surface area contributed by atoms with E-state index in [1.54, 1.807) is 11.0 Å². The fourth-order valence-corrected chi connectivity index (χ4v) is 2.86. The molecule has 0 unspecified atom stereocenters. The zero-order valence-electron chi connectivity index (χ0n) is 13.9. The van der Waals surface area contributed by atoms with Gasteiger partial charge in [0.05, 0.1) is 11.6 Å². The smallest absolute Gasteiger partial charge is 0.246 e. The number of piperidine rings is 1. The van der Waals surface area contributed by atoms with Gasteiger partial charge >= 0.3 is 0 Å². The highest BCUT2D eigenvalue weighted by Gasteiger charge is 2.25. The topological polar surface area (TPSA) is 49.9 Å². The van der Waals surface area contributed by atoms with Crippen LogP contribution in [-0.2, 0) is 9.59 Å². The summed E-state index contributed by atoms with van der Waals surface area (Å²) in [6.07, 6.45) is 2.78. The molecule has 0 aliphatic carbocycles.